The van der Waals surface area contributed by atoms with Crippen LogP contribution in [0.4, 0.5) is 5.69 Å². The lowest BCUT2D eigenvalue weighted by molar-refractivity contribution is 0.429. The van der Waals surface area contributed by atoms with Crippen molar-refractivity contribution in [2.24, 2.45) is 12.0 Å². The van der Waals surface area contributed by atoms with Crippen LogP contribution in [0, 0.1) is 13.8 Å². The van der Waals surface area contributed by atoms with Crippen molar-refractivity contribution in [3.8, 4) is 11.6 Å². The molecule has 8 heteroatoms. The Morgan fingerprint density at radius 1 is 1.26 bits per heavy atom. The minimum absolute atomic E-state index is 0.0943. The van der Waals surface area contributed by atoms with Crippen molar-refractivity contribution in [1.29, 1.82) is 0 Å². The van der Waals surface area contributed by atoms with Crippen LogP contribution in [0.25, 0.3) is 5.69 Å². The van der Waals surface area contributed by atoms with Crippen LogP contribution in [0.2, 0.25) is 0 Å². The van der Waals surface area contributed by atoms with Gasteiger partial charge in [0.2, 0.25) is 5.88 Å². The van der Waals surface area contributed by atoms with Crippen molar-refractivity contribution >= 4 is 11.9 Å². The molecule has 140 valence electrons. The number of para-hydroxylation sites is 1. The minimum Gasteiger partial charge on any atom is -0.493 e. The van der Waals surface area contributed by atoms with E-state index < -0.39 is 17.1 Å². The van der Waals surface area contributed by atoms with Crippen LogP contribution < -0.4 is 11.2 Å². The number of aromatic nitrogens is 4. The van der Waals surface area contributed by atoms with E-state index in [9.17, 15) is 14.7 Å². The number of aliphatic imine (C=N–C) groups is 1. The molecule has 2 heterocycles. The molecule has 0 aliphatic rings. The summed E-state index contributed by atoms with van der Waals surface area (Å²) in [4.78, 5) is 31.2. The predicted octanol–water partition coefficient (Wildman–Crippen LogP) is 1.89. The average Bonchev–Trinajstić information content (AvgIpc) is 2.87. The number of aromatic amines is 1. The Hall–Kier alpha value is -3.42. The van der Waals surface area contributed by atoms with Gasteiger partial charge in [-0.05, 0) is 31.9 Å². The molecule has 0 unspecified atom stereocenters. The highest BCUT2D eigenvalue weighted by Gasteiger charge is 2.16. The van der Waals surface area contributed by atoms with Gasteiger partial charge in [-0.1, -0.05) is 25.1 Å². The maximum absolute atomic E-state index is 12.4. The van der Waals surface area contributed by atoms with Crippen molar-refractivity contribution < 1.29 is 5.11 Å². The van der Waals surface area contributed by atoms with Gasteiger partial charge in [0.05, 0.1) is 17.1 Å². The molecule has 0 amide bonds. The lowest BCUT2D eigenvalue weighted by Crippen LogP contribution is -2.31. The topological polar surface area (TPSA) is 105 Å². The number of nitrogens with one attached hydrogen (secondary N) is 1. The van der Waals surface area contributed by atoms with Gasteiger partial charge < -0.3 is 5.11 Å². The van der Waals surface area contributed by atoms with Gasteiger partial charge >= 0.3 is 5.69 Å². The molecule has 27 heavy (non-hydrogen) atoms. The maximum Gasteiger partial charge on any atom is 0.335 e. The monoisotopic (exact) mass is 367 g/mol. The summed E-state index contributed by atoms with van der Waals surface area (Å²) in [7, 11) is 1.80. The molecule has 3 rings (SSSR count). The van der Waals surface area contributed by atoms with E-state index in [2.05, 4.69) is 15.1 Å². The normalized spacial score (nSPS) is 11.4. The molecule has 0 spiro atoms. The van der Waals surface area contributed by atoms with E-state index >= 15 is 0 Å². The number of rotatable bonds is 4. The highest BCUT2D eigenvalue weighted by atomic mass is 16.3. The molecule has 0 fully saturated rings. The number of hydrogen-bond acceptors (Lipinski definition) is 5. The van der Waals surface area contributed by atoms with Crippen molar-refractivity contribution in [2.75, 3.05) is 0 Å². The summed E-state index contributed by atoms with van der Waals surface area (Å²) in [5.41, 5.74) is 2.02. The summed E-state index contributed by atoms with van der Waals surface area (Å²) in [5.74, 6) is -0.451. The molecule has 2 N–H and O–H groups in total. The van der Waals surface area contributed by atoms with Gasteiger partial charge in [0.15, 0.2) is 0 Å². The van der Waals surface area contributed by atoms with E-state index in [1.165, 1.54) is 6.21 Å². The van der Waals surface area contributed by atoms with E-state index in [4.69, 9.17) is 0 Å². The minimum atomic E-state index is -0.704. The van der Waals surface area contributed by atoms with Gasteiger partial charge in [-0.25, -0.2) is 9.36 Å². The first-order chi connectivity index (χ1) is 12.8. The number of hydrogen-bond donors (Lipinski definition) is 2. The van der Waals surface area contributed by atoms with Crippen LogP contribution in [0.1, 0.15) is 29.4 Å². The molecule has 0 aliphatic heterocycles. The predicted molar refractivity (Wildman–Crippen MR) is 104 cm³/mol. The Kier molecular flexibility index (Phi) is 4.81. The summed E-state index contributed by atoms with van der Waals surface area (Å²) in [5, 5.41) is 14.9. The van der Waals surface area contributed by atoms with Crippen LogP contribution in [-0.4, -0.2) is 30.7 Å². The summed E-state index contributed by atoms with van der Waals surface area (Å²) < 4.78 is 2.77. The van der Waals surface area contributed by atoms with Crippen LogP contribution >= 0.6 is 0 Å². The van der Waals surface area contributed by atoms with Gasteiger partial charge in [0.25, 0.3) is 5.56 Å². The Balaban J connectivity index is 2.20. The van der Waals surface area contributed by atoms with Crippen molar-refractivity contribution in [1.82, 2.24) is 19.3 Å². The molecule has 0 saturated carbocycles. The standard InChI is InChI=1S/C19H21N5O3/c1-5-13-8-6-7-9-15(13)24-18(26)14(17(25)21-19(24)27)10-20-16-11(2)22-23(4)12(16)3/h6-10,26H,5H2,1-4H3,(H,21,25,27). The van der Waals surface area contributed by atoms with E-state index in [1.807, 2.05) is 32.9 Å². The second-order valence-corrected chi connectivity index (χ2v) is 6.22. The summed E-state index contributed by atoms with van der Waals surface area (Å²) >= 11 is 0. The molecule has 0 atom stereocenters. The van der Waals surface area contributed by atoms with Crippen LogP contribution in [0.3, 0.4) is 0 Å². The van der Waals surface area contributed by atoms with E-state index in [0.29, 0.717) is 23.5 Å². The number of aromatic hydroxyl groups is 1. The zero-order chi connectivity index (χ0) is 19.7. The second kappa shape index (κ2) is 7.06. The Bertz CT molecular complexity index is 1150. The van der Waals surface area contributed by atoms with Gasteiger partial charge in [-0.15, -0.1) is 0 Å². The van der Waals surface area contributed by atoms with Gasteiger partial charge in [-0.3, -0.25) is 19.5 Å². The van der Waals surface area contributed by atoms with Crippen LogP contribution in [0.5, 0.6) is 5.88 Å². The molecule has 0 aliphatic carbocycles. The zero-order valence-corrected chi connectivity index (χ0v) is 15.6. The lowest BCUT2D eigenvalue weighted by Gasteiger charge is -2.13. The van der Waals surface area contributed by atoms with Gasteiger partial charge in [0.1, 0.15) is 11.3 Å². The molecule has 0 saturated heterocycles. The van der Waals surface area contributed by atoms with Crippen LogP contribution in [-0.2, 0) is 13.5 Å². The fourth-order valence-corrected chi connectivity index (χ4v) is 2.98. The quantitative estimate of drug-likeness (QED) is 0.687. The smallest absolute Gasteiger partial charge is 0.335 e. The maximum atomic E-state index is 12.4. The Morgan fingerprint density at radius 2 is 1.96 bits per heavy atom. The van der Waals surface area contributed by atoms with Crippen LogP contribution in [0.15, 0.2) is 38.8 Å². The van der Waals surface area contributed by atoms with Gasteiger partial charge in [-0.2, -0.15) is 5.10 Å². The Morgan fingerprint density at radius 3 is 2.59 bits per heavy atom. The highest BCUT2D eigenvalue weighted by molar-refractivity contribution is 5.84. The first kappa shape index (κ1) is 18.4. The van der Waals surface area contributed by atoms with Crippen molar-refractivity contribution in [2.45, 2.75) is 27.2 Å². The molecule has 3 aromatic rings. The lowest BCUT2D eigenvalue weighted by atomic mass is 10.1. The summed E-state index contributed by atoms with van der Waals surface area (Å²) in [6.07, 6.45) is 1.92. The van der Waals surface area contributed by atoms with Gasteiger partial charge in [0, 0.05) is 13.3 Å². The number of nitrogens with zero attached hydrogens (tertiary/aromatic N) is 4. The van der Waals surface area contributed by atoms with E-state index in [0.717, 1.165) is 15.8 Å². The van der Waals surface area contributed by atoms with E-state index in [1.54, 1.807) is 23.9 Å². The average molecular weight is 367 g/mol. The first-order valence-corrected chi connectivity index (χ1v) is 8.56. The van der Waals surface area contributed by atoms with Crippen molar-refractivity contribution in [3.05, 3.63) is 67.6 Å². The van der Waals surface area contributed by atoms with E-state index in [-0.39, 0.29) is 5.56 Å². The van der Waals surface area contributed by atoms with Crippen molar-refractivity contribution in [3.63, 3.8) is 0 Å². The zero-order valence-electron chi connectivity index (χ0n) is 15.6. The third kappa shape index (κ3) is 3.21. The summed E-state index contributed by atoms with van der Waals surface area (Å²) in [6, 6.07) is 7.20. The third-order valence-electron chi connectivity index (χ3n) is 4.53. The highest BCUT2D eigenvalue weighted by Crippen LogP contribution is 2.23. The number of benzene rings is 1. The molecule has 1 aromatic carbocycles. The largest absolute Gasteiger partial charge is 0.493 e. The number of H-pyrrole nitrogens is 1. The first-order valence-electron chi connectivity index (χ1n) is 8.56. The molecular formula is C19H21N5O3. The summed E-state index contributed by atoms with van der Waals surface area (Å²) in [6.45, 7) is 5.61. The third-order valence-corrected chi connectivity index (χ3v) is 4.53. The molecule has 8 nitrogen and oxygen atoms in total. The molecule has 0 radical (unpaired) electrons. The SMILES string of the molecule is CCc1ccccc1-n1c(O)c(C=Nc2c(C)nn(C)c2C)c(=O)[nH]c1=O. The fourth-order valence-electron chi connectivity index (χ4n) is 2.98. The second-order valence-electron chi connectivity index (χ2n) is 6.22. The molecular weight excluding hydrogens is 346 g/mol. The molecule has 0 bridgehead atoms. The Labute approximate surface area is 155 Å². The fraction of sp³-hybridized carbons (Fsp3) is 0.263. The molecule has 2 aromatic heterocycles. The number of aryl methyl sites for hydroxylation is 3.